The van der Waals surface area contributed by atoms with Crippen LogP contribution in [0.15, 0.2) is 0 Å². The summed E-state index contributed by atoms with van der Waals surface area (Å²) in [5.41, 5.74) is 0. The first-order valence-corrected chi connectivity index (χ1v) is 10.1. The summed E-state index contributed by atoms with van der Waals surface area (Å²) in [5, 5.41) is 0. The maximum absolute atomic E-state index is 2.47. The first-order chi connectivity index (χ1) is 10.1. The molecule has 0 aromatic carbocycles. The second-order valence-electron chi connectivity index (χ2n) is 8.02. The van der Waals surface area contributed by atoms with Gasteiger partial charge in [-0.3, -0.25) is 0 Å². The Labute approximate surface area is 136 Å². The van der Waals surface area contributed by atoms with Crippen molar-refractivity contribution in [1.82, 2.24) is 0 Å². The summed E-state index contributed by atoms with van der Waals surface area (Å²) in [7, 11) is 0. The topological polar surface area (TPSA) is 0 Å². The standard InChI is InChI=1S/C21H44/c1-6-7-11-15-20(4)17-18-21(5)16-13-10-8-9-12-14-19(2)3/h19-21H,6-18H2,1-5H3. The Hall–Kier alpha value is 0. The van der Waals surface area contributed by atoms with E-state index in [-0.39, 0.29) is 0 Å². The minimum Gasteiger partial charge on any atom is -0.0654 e. The Kier molecular flexibility index (Phi) is 14.9. The van der Waals surface area contributed by atoms with E-state index in [9.17, 15) is 0 Å². The smallest absolute Gasteiger partial charge is 0.0443 e. The molecule has 0 aliphatic rings. The van der Waals surface area contributed by atoms with Crippen molar-refractivity contribution < 1.29 is 0 Å². The van der Waals surface area contributed by atoms with Gasteiger partial charge in [0.2, 0.25) is 0 Å². The number of hydrogen-bond acceptors (Lipinski definition) is 0. The molecule has 21 heavy (non-hydrogen) atoms. The van der Waals surface area contributed by atoms with Gasteiger partial charge in [-0.2, -0.15) is 0 Å². The molecular formula is C21H44. The fraction of sp³-hybridized carbons (Fsp3) is 1.00. The largest absolute Gasteiger partial charge is 0.0654 e. The van der Waals surface area contributed by atoms with Crippen molar-refractivity contribution in [2.24, 2.45) is 17.8 Å². The van der Waals surface area contributed by atoms with Crippen molar-refractivity contribution in [3.63, 3.8) is 0 Å². The van der Waals surface area contributed by atoms with Crippen LogP contribution in [0.1, 0.15) is 118 Å². The highest BCUT2D eigenvalue weighted by Gasteiger charge is 2.06. The predicted octanol–water partition coefficient (Wildman–Crippen LogP) is 8.01. The van der Waals surface area contributed by atoms with Crippen molar-refractivity contribution in [3.8, 4) is 0 Å². The van der Waals surface area contributed by atoms with E-state index >= 15 is 0 Å². The Balaban J connectivity index is 3.31. The fourth-order valence-electron chi connectivity index (χ4n) is 3.18. The molecule has 0 saturated heterocycles. The van der Waals surface area contributed by atoms with Gasteiger partial charge in [-0.25, -0.2) is 0 Å². The molecule has 0 heteroatoms. The van der Waals surface area contributed by atoms with E-state index in [4.69, 9.17) is 0 Å². The van der Waals surface area contributed by atoms with E-state index < -0.39 is 0 Å². The zero-order chi connectivity index (χ0) is 15.9. The van der Waals surface area contributed by atoms with Crippen LogP contribution < -0.4 is 0 Å². The van der Waals surface area contributed by atoms with Crippen LogP contribution in [0.2, 0.25) is 0 Å². The molecule has 0 rings (SSSR count). The van der Waals surface area contributed by atoms with Crippen molar-refractivity contribution in [1.29, 1.82) is 0 Å². The highest BCUT2D eigenvalue weighted by molar-refractivity contribution is 4.60. The summed E-state index contributed by atoms with van der Waals surface area (Å²) < 4.78 is 0. The van der Waals surface area contributed by atoms with Crippen molar-refractivity contribution in [2.45, 2.75) is 118 Å². The molecule has 0 heterocycles. The van der Waals surface area contributed by atoms with Crippen LogP contribution in [0.3, 0.4) is 0 Å². The molecule has 0 fully saturated rings. The average molecular weight is 297 g/mol. The van der Waals surface area contributed by atoms with E-state index in [1.54, 1.807) is 0 Å². The van der Waals surface area contributed by atoms with E-state index in [0.717, 1.165) is 17.8 Å². The SMILES string of the molecule is CCCCCC(C)CCC(C)CCCCCCCC(C)C. The molecule has 0 saturated carbocycles. The van der Waals surface area contributed by atoms with E-state index in [1.807, 2.05) is 0 Å². The Morgan fingerprint density at radius 2 is 0.905 bits per heavy atom. The molecule has 2 unspecified atom stereocenters. The molecule has 2 atom stereocenters. The first kappa shape index (κ1) is 21.0. The highest BCUT2D eigenvalue weighted by atomic mass is 14.1. The van der Waals surface area contributed by atoms with Gasteiger partial charge < -0.3 is 0 Å². The maximum Gasteiger partial charge on any atom is -0.0443 e. The molecule has 0 amide bonds. The summed E-state index contributed by atoms with van der Waals surface area (Å²) in [6, 6.07) is 0. The number of hydrogen-bond donors (Lipinski definition) is 0. The Morgan fingerprint density at radius 1 is 0.476 bits per heavy atom. The van der Waals surface area contributed by atoms with Gasteiger partial charge in [0, 0.05) is 0 Å². The third-order valence-corrected chi connectivity index (χ3v) is 4.93. The van der Waals surface area contributed by atoms with Crippen LogP contribution in [0.25, 0.3) is 0 Å². The van der Waals surface area contributed by atoms with Gasteiger partial charge in [0.25, 0.3) is 0 Å². The Bertz CT molecular complexity index is 194. The molecule has 0 spiro atoms. The van der Waals surface area contributed by atoms with Gasteiger partial charge in [0.05, 0.1) is 0 Å². The molecule has 0 aliphatic carbocycles. The molecule has 128 valence electrons. The lowest BCUT2D eigenvalue weighted by atomic mass is 9.91. The molecule has 0 aromatic rings. The minimum absolute atomic E-state index is 0.893. The van der Waals surface area contributed by atoms with Crippen LogP contribution in [-0.2, 0) is 0 Å². The van der Waals surface area contributed by atoms with Gasteiger partial charge in [-0.1, -0.05) is 118 Å². The van der Waals surface area contributed by atoms with Crippen LogP contribution in [0.5, 0.6) is 0 Å². The van der Waals surface area contributed by atoms with Gasteiger partial charge >= 0.3 is 0 Å². The highest BCUT2D eigenvalue weighted by Crippen LogP contribution is 2.22. The maximum atomic E-state index is 2.47. The summed E-state index contributed by atoms with van der Waals surface area (Å²) in [5.74, 6) is 2.80. The molecule has 0 N–H and O–H groups in total. The minimum atomic E-state index is 0.893. The number of rotatable bonds is 15. The quantitative estimate of drug-likeness (QED) is 0.268. The summed E-state index contributed by atoms with van der Waals surface area (Å²) >= 11 is 0. The van der Waals surface area contributed by atoms with Crippen LogP contribution in [0.4, 0.5) is 0 Å². The molecule has 0 nitrogen and oxygen atoms in total. The van der Waals surface area contributed by atoms with Gasteiger partial charge in [0.1, 0.15) is 0 Å². The lowest BCUT2D eigenvalue weighted by Gasteiger charge is -2.15. The predicted molar refractivity (Wildman–Crippen MR) is 98.9 cm³/mol. The van der Waals surface area contributed by atoms with Crippen molar-refractivity contribution >= 4 is 0 Å². The fourth-order valence-corrected chi connectivity index (χ4v) is 3.18. The van der Waals surface area contributed by atoms with Crippen LogP contribution in [-0.4, -0.2) is 0 Å². The van der Waals surface area contributed by atoms with Crippen LogP contribution in [0, 0.1) is 17.8 Å². The van der Waals surface area contributed by atoms with Gasteiger partial charge in [-0.05, 0) is 17.8 Å². The number of unbranched alkanes of at least 4 members (excludes halogenated alkanes) is 6. The molecule has 0 aromatic heterocycles. The van der Waals surface area contributed by atoms with E-state index in [0.29, 0.717) is 0 Å². The summed E-state index contributed by atoms with van der Waals surface area (Å²) in [6.45, 7) is 11.9. The zero-order valence-electron chi connectivity index (χ0n) is 15.9. The first-order valence-electron chi connectivity index (χ1n) is 10.1. The zero-order valence-corrected chi connectivity index (χ0v) is 15.9. The lowest BCUT2D eigenvalue weighted by Crippen LogP contribution is -2.01. The molecule has 0 bridgehead atoms. The molecule has 0 aliphatic heterocycles. The third-order valence-electron chi connectivity index (χ3n) is 4.93. The van der Waals surface area contributed by atoms with Gasteiger partial charge in [0.15, 0.2) is 0 Å². The summed E-state index contributed by atoms with van der Waals surface area (Å²) in [4.78, 5) is 0. The molecule has 0 radical (unpaired) electrons. The van der Waals surface area contributed by atoms with E-state index in [2.05, 4.69) is 34.6 Å². The lowest BCUT2D eigenvalue weighted by molar-refractivity contribution is 0.378. The van der Waals surface area contributed by atoms with Crippen molar-refractivity contribution in [3.05, 3.63) is 0 Å². The second kappa shape index (κ2) is 14.9. The summed E-state index contributed by atoms with van der Waals surface area (Å²) in [6.07, 6.45) is 18.8. The monoisotopic (exact) mass is 296 g/mol. The van der Waals surface area contributed by atoms with Crippen LogP contribution >= 0.6 is 0 Å². The average Bonchev–Trinajstić information content (AvgIpc) is 2.44. The van der Waals surface area contributed by atoms with Crippen molar-refractivity contribution in [2.75, 3.05) is 0 Å². The second-order valence-corrected chi connectivity index (χ2v) is 8.02. The Morgan fingerprint density at radius 3 is 1.38 bits per heavy atom. The normalized spacial score (nSPS) is 14.6. The van der Waals surface area contributed by atoms with Gasteiger partial charge in [-0.15, -0.1) is 0 Å². The molecular weight excluding hydrogens is 252 g/mol. The van der Waals surface area contributed by atoms with E-state index in [1.165, 1.54) is 83.5 Å². The third kappa shape index (κ3) is 16.2.